The fourth-order valence-electron chi connectivity index (χ4n) is 1.50. The van der Waals surface area contributed by atoms with Crippen LogP contribution in [0.5, 0.6) is 5.75 Å². The van der Waals surface area contributed by atoms with Gasteiger partial charge in [-0.1, -0.05) is 17.3 Å². The molecule has 0 aliphatic heterocycles. The molecule has 0 unspecified atom stereocenters. The number of fused-ring (bicyclic) bond motifs is 1. The lowest BCUT2D eigenvalue weighted by Crippen LogP contribution is -2.20. The maximum absolute atomic E-state index is 8.41. The highest BCUT2D eigenvalue weighted by molar-refractivity contribution is 5.86. The molecule has 1 aromatic carbocycles. The number of ether oxygens (including phenoxy) is 1. The molecule has 17 heavy (non-hydrogen) atoms. The number of hydrogen-bond acceptors (Lipinski definition) is 4. The molecule has 0 amide bonds. The summed E-state index contributed by atoms with van der Waals surface area (Å²) in [6.45, 7) is 1.84. The standard InChI is InChI=1S/C11H12N2O3.ClH/c1-7-11(15-6-10(12)13-14)8-4-2-3-5-9(8)16-7;/h2-5,14H,6H2,1H3,(H2,12,13);1H. The molecule has 0 bridgehead atoms. The second kappa shape index (κ2) is 5.45. The molecular weight excluding hydrogens is 244 g/mol. The molecule has 0 spiro atoms. The number of para-hydroxylation sites is 1. The molecule has 3 N–H and O–H groups in total. The molecule has 0 saturated carbocycles. The number of amidine groups is 1. The topological polar surface area (TPSA) is 81.0 Å². The lowest BCUT2D eigenvalue weighted by Gasteiger charge is -2.03. The number of nitrogens with two attached hydrogens (primary N) is 1. The average molecular weight is 257 g/mol. The van der Waals surface area contributed by atoms with Gasteiger partial charge in [-0.15, -0.1) is 12.4 Å². The molecule has 0 aliphatic rings. The highest BCUT2D eigenvalue weighted by atomic mass is 35.5. The van der Waals surface area contributed by atoms with E-state index in [1.54, 1.807) is 0 Å². The van der Waals surface area contributed by atoms with Crippen molar-refractivity contribution in [1.29, 1.82) is 0 Å². The Morgan fingerprint density at radius 1 is 1.47 bits per heavy atom. The zero-order valence-corrected chi connectivity index (χ0v) is 10.0. The number of furan rings is 1. The van der Waals surface area contributed by atoms with Crippen LogP contribution in [-0.2, 0) is 0 Å². The van der Waals surface area contributed by atoms with Crippen molar-refractivity contribution < 1.29 is 14.4 Å². The Bertz CT molecular complexity index is 536. The van der Waals surface area contributed by atoms with Crippen molar-refractivity contribution in [2.75, 3.05) is 6.61 Å². The van der Waals surface area contributed by atoms with E-state index in [0.717, 1.165) is 11.0 Å². The van der Waals surface area contributed by atoms with E-state index in [-0.39, 0.29) is 24.8 Å². The van der Waals surface area contributed by atoms with E-state index in [4.69, 9.17) is 20.1 Å². The minimum Gasteiger partial charge on any atom is -0.481 e. The lowest BCUT2D eigenvalue weighted by atomic mass is 10.2. The second-order valence-electron chi connectivity index (χ2n) is 3.36. The Kier molecular flexibility index (Phi) is 4.23. The maximum atomic E-state index is 8.41. The molecule has 6 heteroatoms. The smallest absolute Gasteiger partial charge is 0.177 e. The molecule has 5 nitrogen and oxygen atoms in total. The highest BCUT2D eigenvalue weighted by Gasteiger charge is 2.11. The third kappa shape index (κ3) is 2.62. The number of halogens is 1. The summed E-state index contributed by atoms with van der Waals surface area (Å²) in [7, 11) is 0. The van der Waals surface area contributed by atoms with Crippen LogP contribution in [0.15, 0.2) is 33.8 Å². The van der Waals surface area contributed by atoms with Gasteiger partial charge in [0, 0.05) is 0 Å². The average Bonchev–Trinajstić information content (AvgIpc) is 2.62. The van der Waals surface area contributed by atoms with Gasteiger partial charge < -0.3 is 20.1 Å². The largest absolute Gasteiger partial charge is 0.481 e. The van der Waals surface area contributed by atoms with Crippen molar-refractivity contribution in [2.24, 2.45) is 10.9 Å². The number of nitrogens with zero attached hydrogens (tertiary/aromatic N) is 1. The van der Waals surface area contributed by atoms with Crippen LogP contribution in [0.2, 0.25) is 0 Å². The molecule has 0 saturated heterocycles. The molecule has 0 aliphatic carbocycles. The molecule has 1 heterocycles. The molecule has 1 aromatic heterocycles. The van der Waals surface area contributed by atoms with Gasteiger partial charge in [-0.05, 0) is 19.1 Å². The minimum absolute atomic E-state index is 0. The quantitative estimate of drug-likeness (QED) is 0.382. The predicted octanol–water partition coefficient (Wildman–Crippen LogP) is 2.29. The van der Waals surface area contributed by atoms with Gasteiger partial charge in [0.2, 0.25) is 0 Å². The fourth-order valence-corrected chi connectivity index (χ4v) is 1.50. The summed E-state index contributed by atoms with van der Waals surface area (Å²) in [5.74, 6) is 1.32. The van der Waals surface area contributed by atoms with E-state index in [2.05, 4.69) is 5.16 Å². The normalized spacial score (nSPS) is 11.2. The van der Waals surface area contributed by atoms with Gasteiger partial charge in [-0.3, -0.25) is 0 Å². The predicted molar refractivity (Wildman–Crippen MR) is 67.1 cm³/mol. The first kappa shape index (κ1) is 13.2. The second-order valence-corrected chi connectivity index (χ2v) is 3.36. The molecule has 2 rings (SSSR count). The van der Waals surface area contributed by atoms with Crippen molar-refractivity contribution in [1.82, 2.24) is 0 Å². The SMILES string of the molecule is Cc1oc2ccccc2c1OCC(N)=NO.Cl. The third-order valence-electron chi connectivity index (χ3n) is 2.21. The van der Waals surface area contributed by atoms with Crippen LogP contribution < -0.4 is 10.5 Å². The Balaban J connectivity index is 0.00000144. The third-order valence-corrected chi connectivity index (χ3v) is 2.21. The van der Waals surface area contributed by atoms with Gasteiger partial charge in [-0.2, -0.15) is 0 Å². The number of aryl methyl sites for hydroxylation is 1. The fraction of sp³-hybridized carbons (Fsp3) is 0.182. The zero-order valence-electron chi connectivity index (χ0n) is 9.21. The van der Waals surface area contributed by atoms with Gasteiger partial charge >= 0.3 is 0 Å². The van der Waals surface area contributed by atoms with Crippen molar-refractivity contribution in [3.8, 4) is 5.75 Å². The Hall–Kier alpha value is -1.88. The molecule has 0 radical (unpaired) electrons. The van der Waals surface area contributed by atoms with E-state index < -0.39 is 0 Å². The van der Waals surface area contributed by atoms with E-state index in [1.807, 2.05) is 31.2 Å². The van der Waals surface area contributed by atoms with E-state index in [9.17, 15) is 0 Å². The van der Waals surface area contributed by atoms with Crippen LogP contribution in [0.1, 0.15) is 5.76 Å². The van der Waals surface area contributed by atoms with Crippen molar-refractivity contribution in [2.45, 2.75) is 6.92 Å². The van der Waals surface area contributed by atoms with Crippen LogP contribution in [0.25, 0.3) is 11.0 Å². The first-order valence-corrected chi connectivity index (χ1v) is 4.79. The maximum Gasteiger partial charge on any atom is 0.177 e. The number of benzene rings is 1. The van der Waals surface area contributed by atoms with E-state index in [0.29, 0.717) is 11.5 Å². The summed E-state index contributed by atoms with van der Waals surface area (Å²) in [6.07, 6.45) is 0. The summed E-state index contributed by atoms with van der Waals surface area (Å²) < 4.78 is 10.9. The van der Waals surface area contributed by atoms with Crippen LogP contribution in [0.4, 0.5) is 0 Å². The van der Waals surface area contributed by atoms with Gasteiger partial charge in [0.05, 0.1) is 5.39 Å². The van der Waals surface area contributed by atoms with Crippen molar-refractivity contribution in [3.63, 3.8) is 0 Å². The van der Waals surface area contributed by atoms with Gasteiger partial charge in [0.1, 0.15) is 18.0 Å². The van der Waals surface area contributed by atoms with Crippen molar-refractivity contribution in [3.05, 3.63) is 30.0 Å². The van der Waals surface area contributed by atoms with Crippen LogP contribution in [0.3, 0.4) is 0 Å². The van der Waals surface area contributed by atoms with Crippen LogP contribution >= 0.6 is 12.4 Å². The molecule has 0 fully saturated rings. The molecule has 2 aromatic rings. The highest BCUT2D eigenvalue weighted by Crippen LogP contribution is 2.32. The lowest BCUT2D eigenvalue weighted by molar-refractivity contribution is 0.305. The summed E-state index contributed by atoms with van der Waals surface area (Å²) in [6, 6.07) is 7.54. The summed E-state index contributed by atoms with van der Waals surface area (Å²) in [5.41, 5.74) is 6.09. The minimum atomic E-state index is 0. The molecular formula is C11H13ClN2O3. The number of rotatable bonds is 3. The number of oxime groups is 1. The van der Waals surface area contributed by atoms with Crippen LogP contribution in [-0.4, -0.2) is 17.6 Å². The summed E-state index contributed by atoms with van der Waals surface area (Å²) in [4.78, 5) is 0. The number of hydrogen-bond donors (Lipinski definition) is 2. The van der Waals surface area contributed by atoms with E-state index in [1.165, 1.54) is 0 Å². The van der Waals surface area contributed by atoms with Crippen molar-refractivity contribution >= 4 is 29.2 Å². The monoisotopic (exact) mass is 256 g/mol. The Morgan fingerprint density at radius 3 is 2.88 bits per heavy atom. The van der Waals surface area contributed by atoms with Gasteiger partial charge in [-0.25, -0.2) is 0 Å². The van der Waals surface area contributed by atoms with Crippen LogP contribution in [0, 0.1) is 6.92 Å². The first-order valence-electron chi connectivity index (χ1n) is 4.79. The van der Waals surface area contributed by atoms with E-state index >= 15 is 0 Å². The molecule has 92 valence electrons. The Morgan fingerprint density at radius 2 is 2.18 bits per heavy atom. The summed E-state index contributed by atoms with van der Waals surface area (Å²) >= 11 is 0. The Labute approximate surface area is 104 Å². The van der Waals surface area contributed by atoms with Gasteiger partial charge in [0.25, 0.3) is 0 Å². The van der Waals surface area contributed by atoms with Gasteiger partial charge in [0.15, 0.2) is 11.6 Å². The summed E-state index contributed by atoms with van der Waals surface area (Å²) in [5, 5.41) is 12.1. The zero-order chi connectivity index (χ0) is 11.5. The first-order chi connectivity index (χ1) is 7.72. The molecule has 0 atom stereocenters.